The van der Waals surface area contributed by atoms with Gasteiger partial charge in [0.25, 0.3) is 0 Å². The summed E-state index contributed by atoms with van der Waals surface area (Å²) in [7, 11) is 0. The maximum absolute atomic E-state index is 10.0. The molecular formula is C15H30N2O. The Balaban J connectivity index is 1.69. The van der Waals surface area contributed by atoms with Crippen LogP contribution in [0.5, 0.6) is 0 Å². The topological polar surface area (TPSA) is 26.7 Å². The Bertz CT molecular complexity index is 237. The predicted molar refractivity (Wildman–Crippen MR) is 75.7 cm³/mol. The first kappa shape index (κ1) is 14.3. The summed E-state index contributed by atoms with van der Waals surface area (Å²) in [4.78, 5) is 5.15. The first-order valence-electron chi connectivity index (χ1n) is 7.78. The summed E-state index contributed by atoms with van der Waals surface area (Å²) in [6, 6.07) is 0. The summed E-state index contributed by atoms with van der Waals surface area (Å²) in [5, 5.41) is 10.0. The van der Waals surface area contributed by atoms with Crippen LogP contribution in [0.15, 0.2) is 0 Å². The zero-order valence-corrected chi connectivity index (χ0v) is 12.1. The van der Waals surface area contributed by atoms with Gasteiger partial charge in [0.2, 0.25) is 0 Å². The minimum absolute atomic E-state index is 0.0348. The molecule has 1 saturated carbocycles. The van der Waals surface area contributed by atoms with Gasteiger partial charge in [0.15, 0.2) is 0 Å². The average Bonchev–Trinajstić information content (AvgIpc) is 2.34. The molecule has 0 radical (unpaired) electrons. The third-order valence-corrected chi connectivity index (χ3v) is 4.45. The molecule has 2 unspecified atom stereocenters. The van der Waals surface area contributed by atoms with Crippen molar-refractivity contribution in [2.75, 3.05) is 39.3 Å². The number of nitrogens with zero attached hydrogens (tertiary/aromatic N) is 2. The number of hydrogen-bond acceptors (Lipinski definition) is 3. The first-order valence-corrected chi connectivity index (χ1v) is 7.78. The molecule has 1 aliphatic carbocycles. The number of hydrogen-bond donors (Lipinski definition) is 1. The third-order valence-electron chi connectivity index (χ3n) is 4.45. The van der Waals surface area contributed by atoms with Gasteiger partial charge < -0.3 is 14.9 Å². The molecule has 0 spiro atoms. The van der Waals surface area contributed by atoms with E-state index in [2.05, 4.69) is 23.6 Å². The molecule has 18 heavy (non-hydrogen) atoms. The van der Waals surface area contributed by atoms with E-state index in [0.29, 0.717) is 5.92 Å². The van der Waals surface area contributed by atoms with E-state index >= 15 is 0 Å². The minimum atomic E-state index is -0.0348. The fourth-order valence-corrected chi connectivity index (χ4v) is 3.40. The van der Waals surface area contributed by atoms with Crippen molar-refractivity contribution < 1.29 is 5.11 Å². The Kier molecular flexibility index (Phi) is 5.46. The number of rotatable bonds is 4. The molecule has 3 nitrogen and oxygen atoms in total. The van der Waals surface area contributed by atoms with Crippen LogP contribution in [-0.2, 0) is 0 Å². The summed E-state index contributed by atoms with van der Waals surface area (Å²) in [6.07, 6.45) is 4.76. The van der Waals surface area contributed by atoms with Crippen molar-refractivity contribution in [3.05, 3.63) is 0 Å². The van der Waals surface area contributed by atoms with Crippen LogP contribution < -0.4 is 0 Å². The summed E-state index contributed by atoms with van der Waals surface area (Å²) in [5.74, 6) is 1.31. The van der Waals surface area contributed by atoms with Crippen LogP contribution in [0.2, 0.25) is 0 Å². The predicted octanol–water partition coefficient (Wildman–Crippen LogP) is 1.81. The number of piperazine rings is 1. The van der Waals surface area contributed by atoms with Crippen molar-refractivity contribution in [3.8, 4) is 0 Å². The lowest BCUT2D eigenvalue weighted by Gasteiger charge is -2.39. The fraction of sp³-hybridized carbons (Fsp3) is 1.00. The molecule has 2 rings (SSSR count). The zero-order chi connectivity index (χ0) is 13.0. The fourth-order valence-electron chi connectivity index (χ4n) is 3.40. The molecule has 1 saturated heterocycles. The molecule has 0 bridgehead atoms. The smallest absolute Gasteiger partial charge is 0.0580 e. The average molecular weight is 254 g/mol. The molecule has 2 aliphatic rings. The van der Waals surface area contributed by atoms with Gasteiger partial charge in [-0.3, -0.25) is 0 Å². The first-order chi connectivity index (χ1) is 8.65. The van der Waals surface area contributed by atoms with Gasteiger partial charge in [-0.1, -0.05) is 26.7 Å². The van der Waals surface area contributed by atoms with Crippen LogP contribution in [0.1, 0.15) is 39.5 Å². The van der Waals surface area contributed by atoms with Crippen molar-refractivity contribution in [3.63, 3.8) is 0 Å². The van der Waals surface area contributed by atoms with E-state index < -0.39 is 0 Å². The van der Waals surface area contributed by atoms with Gasteiger partial charge in [0.1, 0.15) is 0 Å². The highest BCUT2D eigenvalue weighted by molar-refractivity contribution is 4.80. The Morgan fingerprint density at radius 1 is 1.00 bits per heavy atom. The molecule has 0 aromatic heterocycles. The lowest BCUT2D eigenvalue weighted by atomic mass is 9.86. The third kappa shape index (κ3) is 4.22. The molecule has 3 heteroatoms. The van der Waals surface area contributed by atoms with Gasteiger partial charge >= 0.3 is 0 Å². The number of aliphatic hydroxyl groups is 1. The van der Waals surface area contributed by atoms with E-state index in [4.69, 9.17) is 0 Å². The number of aliphatic hydroxyl groups excluding tert-OH is 1. The minimum Gasteiger partial charge on any atom is -0.393 e. The van der Waals surface area contributed by atoms with Gasteiger partial charge in [0.05, 0.1) is 6.10 Å². The molecule has 1 N–H and O–H groups in total. The molecule has 2 fully saturated rings. The zero-order valence-electron chi connectivity index (χ0n) is 12.1. The SMILES string of the molecule is CC(C)CN1CCN(CC2CCCCC2O)CC1. The van der Waals surface area contributed by atoms with Gasteiger partial charge in [-0.15, -0.1) is 0 Å². The summed E-state index contributed by atoms with van der Waals surface area (Å²) < 4.78 is 0. The molecule has 2 atom stereocenters. The maximum atomic E-state index is 10.0. The van der Waals surface area contributed by atoms with Gasteiger partial charge in [-0.25, -0.2) is 0 Å². The van der Waals surface area contributed by atoms with Crippen LogP contribution in [0.25, 0.3) is 0 Å². The molecule has 0 aromatic carbocycles. The second-order valence-corrected chi connectivity index (χ2v) is 6.61. The summed E-state index contributed by atoms with van der Waals surface area (Å²) >= 11 is 0. The van der Waals surface area contributed by atoms with Crippen molar-refractivity contribution in [1.29, 1.82) is 0 Å². The van der Waals surface area contributed by atoms with Crippen LogP contribution in [0, 0.1) is 11.8 Å². The van der Waals surface area contributed by atoms with E-state index in [0.717, 1.165) is 18.9 Å². The second-order valence-electron chi connectivity index (χ2n) is 6.61. The Labute approximate surface area is 112 Å². The normalized spacial score (nSPS) is 32.0. The highest BCUT2D eigenvalue weighted by atomic mass is 16.3. The van der Waals surface area contributed by atoms with E-state index in [1.165, 1.54) is 52.0 Å². The van der Waals surface area contributed by atoms with Gasteiger partial charge in [0, 0.05) is 39.3 Å². The van der Waals surface area contributed by atoms with Gasteiger partial charge in [-0.05, 0) is 24.7 Å². The standard InChI is InChI=1S/C15H30N2O/c1-13(2)11-16-7-9-17(10-8-16)12-14-5-3-4-6-15(14)18/h13-15,18H,3-12H2,1-2H3. The summed E-state index contributed by atoms with van der Waals surface area (Å²) in [6.45, 7) is 11.7. The lowest BCUT2D eigenvalue weighted by molar-refractivity contribution is 0.0316. The van der Waals surface area contributed by atoms with Crippen LogP contribution >= 0.6 is 0 Å². The quantitative estimate of drug-likeness (QED) is 0.829. The lowest BCUT2D eigenvalue weighted by Crippen LogP contribution is -2.49. The molecule has 0 amide bonds. The second kappa shape index (κ2) is 6.88. The molecular weight excluding hydrogens is 224 g/mol. The monoisotopic (exact) mass is 254 g/mol. The highest BCUT2D eigenvalue weighted by Gasteiger charge is 2.26. The molecule has 1 aliphatic heterocycles. The van der Waals surface area contributed by atoms with Crippen molar-refractivity contribution in [2.45, 2.75) is 45.6 Å². The van der Waals surface area contributed by atoms with Gasteiger partial charge in [-0.2, -0.15) is 0 Å². The Morgan fingerprint density at radius 3 is 2.22 bits per heavy atom. The van der Waals surface area contributed by atoms with Crippen molar-refractivity contribution in [2.24, 2.45) is 11.8 Å². The largest absolute Gasteiger partial charge is 0.393 e. The Morgan fingerprint density at radius 2 is 1.61 bits per heavy atom. The molecule has 0 aromatic rings. The Hall–Kier alpha value is -0.120. The van der Waals surface area contributed by atoms with Crippen molar-refractivity contribution in [1.82, 2.24) is 9.80 Å². The van der Waals surface area contributed by atoms with Crippen LogP contribution in [0.4, 0.5) is 0 Å². The highest BCUT2D eigenvalue weighted by Crippen LogP contribution is 2.25. The maximum Gasteiger partial charge on any atom is 0.0580 e. The van der Waals surface area contributed by atoms with E-state index in [9.17, 15) is 5.11 Å². The van der Waals surface area contributed by atoms with E-state index in [-0.39, 0.29) is 6.10 Å². The van der Waals surface area contributed by atoms with E-state index in [1.807, 2.05) is 0 Å². The van der Waals surface area contributed by atoms with Crippen LogP contribution in [-0.4, -0.2) is 60.3 Å². The van der Waals surface area contributed by atoms with Crippen LogP contribution in [0.3, 0.4) is 0 Å². The van der Waals surface area contributed by atoms with Crippen molar-refractivity contribution >= 4 is 0 Å². The molecule has 106 valence electrons. The summed E-state index contributed by atoms with van der Waals surface area (Å²) in [5.41, 5.74) is 0. The molecule has 1 heterocycles. The van der Waals surface area contributed by atoms with E-state index in [1.54, 1.807) is 0 Å².